The van der Waals surface area contributed by atoms with Crippen molar-refractivity contribution in [2.24, 2.45) is 0 Å². The van der Waals surface area contributed by atoms with E-state index < -0.39 is 17.7 Å². The van der Waals surface area contributed by atoms with Crippen molar-refractivity contribution in [3.8, 4) is 11.5 Å². The van der Waals surface area contributed by atoms with Crippen LogP contribution in [-0.4, -0.2) is 30.0 Å². The SMILES string of the molecule is CCOc1ccc(N2C(=O)C(=O)/C(=C(/O)c3cc(C(C)(C)C)ccc3C)C2c2cccc(C)c2)cc1OCC. The van der Waals surface area contributed by atoms with Crippen LogP contribution >= 0.6 is 0 Å². The van der Waals surface area contributed by atoms with Crippen LogP contribution in [0, 0.1) is 13.8 Å². The average molecular weight is 528 g/mol. The van der Waals surface area contributed by atoms with Gasteiger partial charge in [-0.2, -0.15) is 0 Å². The van der Waals surface area contributed by atoms with E-state index in [-0.39, 0.29) is 16.7 Å². The Morgan fingerprint density at radius 3 is 2.23 bits per heavy atom. The highest BCUT2D eigenvalue weighted by molar-refractivity contribution is 6.51. The predicted octanol–water partition coefficient (Wildman–Crippen LogP) is 7.02. The first-order valence-electron chi connectivity index (χ1n) is 13.4. The Balaban J connectivity index is 1.97. The zero-order valence-corrected chi connectivity index (χ0v) is 23.8. The van der Waals surface area contributed by atoms with Crippen LogP contribution in [0.4, 0.5) is 5.69 Å². The molecule has 204 valence electrons. The van der Waals surface area contributed by atoms with Crippen molar-refractivity contribution in [2.75, 3.05) is 18.1 Å². The molecule has 1 unspecified atom stereocenters. The van der Waals surface area contributed by atoms with Gasteiger partial charge in [-0.25, -0.2) is 0 Å². The monoisotopic (exact) mass is 527 g/mol. The van der Waals surface area contributed by atoms with Crippen molar-refractivity contribution >= 4 is 23.1 Å². The van der Waals surface area contributed by atoms with Crippen molar-refractivity contribution in [3.63, 3.8) is 0 Å². The average Bonchev–Trinajstić information content (AvgIpc) is 3.15. The lowest BCUT2D eigenvalue weighted by Gasteiger charge is -2.27. The maximum absolute atomic E-state index is 13.7. The zero-order valence-electron chi connectivity index (χ0n) is 23.8. The number of rotatable bonds is 7. The summed E-state index contributed by atoms with van der Waals surface area (Å²) in [5.41, 5.74) is 4.46. The molecule has 6 heteroatoms. The summed E-state index contributed by atoms with van der Waals surface area (Å²) in [4.78, 5) is 28.8. The van der Waals surface area contributed by atoms with Crippen LogP contribution < -0.4 is 14.4 Å². The molecule has 0 radical (unpaired) electrons. The van der Waals surface area contributed by atoms with Gasteiger partial charge in [0, 0.05) is 17.3 Å². The van der Waals surface area contributed by atoms with Gasteiger partial charge >= 0.3 is 0 Å². The van der Waals surface area contributed by atoms with Crippen LogP contribution in [0.2, 0.25) is 0 Å². The molecule has 1 amide bonds. The highest BCUT2D eigenvalue weighted by atomic mass is 16.5. The number of aryl methyl sites for hydroxylation is 2. The summed E-state index contributed by atoms with van der Waals surface area (Å²) in [6, 6.07) is 17.9. The summed E-state index contributed by atoms with van der Waals surface area (Å²) < 4.78 is 11.5. The third kappa shape index (κ3) is 5.42. The van der Waals surface area contributed by atoms with Crippen LogP contribution in [0.3, 0.4) is 0 Å². The number of ether oxygens (including phenoxy) is 2. The lowest BCUT2D eigenvalue weighted by Crippen LogP contribution is -2.29. The first kappa shape index (κ1) is 28.0. The molecule has 0 spiro atoms. The fraction of sp³-hybridized carbons (Fsp3) is 0.333. The number of amides is 1. The molecule has 1 heterocycles. The number of anilines is 1. The number of Topliss-reactive ketones (excluding diaryl/α,β-unsaturated/α-hetero) is 1. The number of aliphatic hydroxyl groups excluding tert-OH is 1. The zero-order chi connectivity index (χ0) is 28.5. The van der Waals surface area contributed by atoms with Gasteiger partial charge in [0.1, 0.15) is 5.76 Å². The minimum absolute atomic E-state index is 0.0617. The lowest BCUT2D eigenvalue weighted by atomic mass is 9.84. The molecule has 1 fully saturated rings. The number of aliphatic hydroxyl groups is 1. The fourth-order valence-corrected chi connectivity index (χ4v) is 4.93. The molecule has 3 aromatic rings. The van der Waals surface area contributed by atoms with Crippen LogP contribution in [-0.2, 0) is 15.0 Å². The number of hydrogen-bond acceptors (Lipinski definition) is 5. The van der Waals surface area contributed by atoms with Crippen LogP contribution in [0.15, 0.2) is 66.2 Å². The molecule has 39 heavy (non-hydrogen) atoms. The molecule has 0 aromatic heterocycles. The van der Waals surface area contributed by atoms with E-state index in [4.69, 9.17) is 9.47 Å². The lowest BCUT2D eigenvalue weighted by molar-refractivity contribution is -0.132. The summed E-state index contributed by atoms with van der Waals surface area (Å²) >= 11 is 0. The Hall–Kier alpha value is -4.06. The van der Waals surface area contributed by atoms with Gasteiger partial charge in [0.15, 0.2) is 11.5 Å². The van der Waals surface area contributed by atoms with Crippen molar-refractivity contribution in [1.29, 1.82) is 0 Å². The maximum atomic E-state index is 13.7. The molecule has 1 N–H and O–H groups in total. The Morgan fingerprint density at radius 2 is 1.59 bits per heavy atom. The number of hydrogen-bond donors (Lipinski definition) is 1. The van der Waals surface area contributed by atoms with Gasteiger partial charge in [-0.1, -0.05) is 62.7 Å². The van der Waals surface area contributed by atoms with Gasteiger partial charge in [-0.15, -0.1) is 0 Å². The molecule has 6 nitrogen and oxygen atoms in total. The van der Waals surface area contributed by atoms with Gasteiger partial charge in [0.05, 0.1) is 24.8 Å². The molecule has 0 aliphatic carbocycles. The molecular weight excluding hydrogens is 490 g/mol. The summed E-state index contributed by atoms with van der Waals surface area (Å²) in [7, 11) is 0. The Bertz CT molecular complexity index is 1450. The normalized spacial score (nSPS) is 17.0. The van der Waals surface area contributed by atoms with E-state index in [0.717, 1.165) is 22.3 Å². The molecule has 3 aromatic carbocycles. The van der Waals surface area contributed by atoms with E-state index in [1.807, 2.05) is 70.2 Å². The first-order chi connectivity index (χ1) is 18.5. The molecule has 1 aliphatic heterocycles. The molecule has 0 bridgehead atoms. The molecule has 1 saturated heterocycles. The third-order valence-corrected chi connectivity index (χ3v) is 6.97. The number of ketones is 1. The van der Waals surface area contributed by atoms with E-state index in [1.165, 1.54) is 4.90 Å². The smallest absolute Gasteiger partial charge is 0.300 e. The van der Waals surface area contributed by atoms with Gasteiger partial charge < -0.3 is 14.6 Å². The molecule has 1 atom stereocenters. The van der Waals surface area contributed by atoms with E-state index in [2.05, 4.69) is 20.8 Å². The van der Waals surface area contributed by atoms with Gasteiger partial charge in [0.2, 0.25) is 0 Å². The number of carbonyl (C=O) groups excluding carboxylic acids is 2. The molecule has 1 aliphatic rings. The second kappa shape index (κ2) is 11.0. The standard InChI is InChI=1S/C33H37NO5/c1-8-38-26-16-15-24(19-27(26)39-9-2)34-29(22-12-10-11-20(3)17-22)28(31(36)32(34)37)30(35)25-18-23(33(5,6)7)14-13-21(25)4/h10-19,29,35H,8-9H2,1-7H3/b30-28+. The second-order valence-corrected chi connectivity index (χ2v) is 10.9. The van der Waals surface area contributed by atoms with Crippen LogP contribution in [0.5, 0.6) is 11.5 Å². The van der Waals surface area contributed by atoms with E-state index in [0.29, 0.717) is 36.0 Å². The predicted molar refractivity (Wildman–Crippen MR) is 155 cm³/mol. The summed E-state index contributed by atoms with van der Waals surface area (Å²) in [6.45, 7) is 14.7. The van der Waals surface area contributed by atoms with Crippen LogP contribution in [0.1, 0.15) is 68.5 Å². The largest absolute Gasteiger partial charge is 0.507 e. The summed E-state index contributed by atoms with van der Waals surface area (Å²) in [5, 5.41) is 11.7. The number of benzene rings is 3. The van der Waals surface area contributed by atoms with Crippen molar-refractivity contribution in [1.82, 2.24) is 0 Å². The minimum atomic E-state index is -0.824. The summed E-state index contributed by atoms with van der Waals surface area (Å²) in [5.74, 6) is -0.579. The molecular formula is C33H37NO5. The Kier molecular flexibility index (Phi) is 7.86. The van der Waals surface area contributed by atoms with Crippen molar-refractivity contribution in [2.45, 2.75) is 59.9 Å². The van der Waals surface area contributed by atoms with Crippen molar-refractivity contribution < 1.29 is 24.2 Å². The highest BCUT2D eigenvalue weighted by Crippen LogP contribution is 2.45. The van der Waals surface area contributed by atoms with Gasteiger partial charge in [0.25, 0.3) is 11.7 Å². The Morgan fingerprint density at radius 1 is 0.897 bits per heavy atom. The van der Waals surface area contributed by atoms with Crippen molar-refractivity contribution in [3.05, 3.63) is 94.1 Å². The molecule has 0 saturated carbocycles. The van der Waals surface area contributed by atoms with E-state index in [1.54, 1.807) is 18.2 Å². The fourth-order valence-electron chi connectivity index (χ4n) is 4.93. The van der Waals surface area contributed by atoms with Crippen LogP contribution in [0.25, 0.3) is 5.76 Å². The number of carbonyl (C=O) groups is 2. The van der Waals surface area contributed by atoms with E-state index in [9.17, 15) is 14.7 Å². The van der Waals surface area contributed by atoms with Gasteiger partial charge in [-0.05, 0) is 68.0 Å². The topological polar surface area (TPSA) is 76.1 Å². The third-order valence-electron chi connectivity index (χ3n) is 6.97. The highest BCUT2D eigenvalue weighted by Gasteiger charge is 2.47. The first-order valence-corrected chi connectivity index (χ1v) is 13.4. The minimum Gasteiger partial charge on any atom is -0.507 e. The summed E-state index contributed by atoms with van der Waals surface area (Å²) in [6.07, 6.45) is 0. The number of nitrogens with zero attached hydrogens (tertiary/aromatic N) is 1. The maximum Gasteiger partial charge on any atom is 0.300 e. The second-order valence-electron chi connectivity index (χ2n) is 10.9. The van der Waals surface area contributed by atoms with E-state index >= 15 is 0 Å². The molecule has 4 rings (SSSR count). The quantitative estimate of drug-likeness (QED) is 0.203. The Labute approximate surface area is 230 Å². The van der Waals surface area contributed by atoms with Gasteiger partial charge in [-0.3, -0.25) is 14.5 Å².